The van der Waals surface area contributed by atoms with E-state index in [4.69, 9.17) is 0 Å². The van der Waals surface area contributed by atoms with Crippen LogP contribution in [-0.4, -0.2) is 15.9 Å². The molecule has 0 aromatic carbocycles. The molecule has 0 atom stereocenters. The molecule has 4 nitrogen and oxygen atoms in total. The first kappa shape index (κ1) is 11.7. The van der Waals surface area contributed by atoms with E-state index < -0.39 is 11.7 Å². The lowest BCUT2D eigenvalue weighted by atomic mass is 10.2. The molecule has 0 spiro atoms. The Kier molecular flexibility index (Phi) is 3.43. The predicted octanol–water partition coefficient (Wildman–Crippen LogP) is 1.92. The fraction of sp³-hybridized carbons (Fsp3) is 0.182. The van der Waals surface area contributed by atoms with Gasteiger partial charge in [0.1, 0.15) is 0 Å². The standard InChI is InChI=1S/C11H10FN3OS/c1-7-10(17-6-15-7)5-14-11(16)8-2-3-13-4-9(8)12/h2-4,6H,5H2,1H3,(H,14,16). The summed E-state index contributed by atoms with van der Waals surface area (Å²) < 4.78 is 13.3. The molecule has 0 radical (unpaired) electrons. The van der Waals surface area contributed by atoms with Gasteiger partial charge in [0.05, 0.1) is 29.5 Å². The van der Waals surface area contributed by atoms with E-state index in [-0.39, 0.29) is 5.56 Å². The minimum absolute atomic E-state index is 0.00201. The highest BCUT2D eigenvalue weighted by Gasteiger charge is 2.11. The molecule has 1 N–H and O–H groups in total. The largest absolute Gasteiger partial charge is 0.347 e. The Balaban J connectivity index is 2.04. The summed E-state index contributed by atoms with van der Waals surface area (Å²) in [6, 6.07) is 1.35. The summed E-state index contributed by atoms with van der Waals surface area (Å²) in [5, 5.41) is 2.65. The lowest BCUT2D eigenvalue weighted by Gasteiger charge is -2.04. The molecule has 0 saturated heterocycles. The molecule has 2 rings (SSSR count). The van der Waals surface area contributed by atoms with Gasteiger partial charge in [-0.15, -0.1) is 11.3 Å². The molecule has 2 aromatic rings. The maximum atomic E-state index is 13.3. The van der Waals surface area contributed by atoms with Gasteiger partial charge in [-0.2, -0.15) is 0 Å². The highest BCUT2D eigenvalue weighted by atomic mass is 32.1. The summed E-state index contributed by atoms with van der Waals surface area (Å²) in [6.45, 7) is 2.22. The maximum Gasteiger partial charge on any atom is 0.254 e. The van der Waals surface area contributed by atoms with Crippen molar-refractivity contribution >= 4 is 17.2 Å². The first-order valence-electron chi connectivity index (χ1n) is 4.95. The number of pyridine rings is 1. The number of thiazole rings is 1. The first-order chi connectivity index (χ1) is 8.18. The third-order valence-electron chi connectivity index (χ3n) is 2.27. The fourth-order valence-corrected chi connectivity index (χ4v) is 2.03. The molecular formula is C11H10FN3OS. The maximum absolute atomic E-state index is 13.3. The topological polar surface area (TPSA) is 54.9 Å². The van der Waals surface area contributed by atoms with Crippen LogP contribution in [0, 0.1) is 12.7 Å². The Morgan fingerprint density at radius 3 is 3.06 bits per heavy atom. The SMILES string of the molecule is Cc1ncsc1CNC(=O)c1ccncc1F. The number of halogens is 1. The molecular weight excluding hydrogens is 241 g/mol. The molecule has 0 fully saturated rings. The summed E-state index contributed by atoms with van der Waals surface area (Å²) in [4.78, 5) is 20.3. The van der Waals surface area contributed by atoms with Crippen molar-refractivity contribution in [1.29, 1.82) is 0 Å². The molecule has 6 heteroatoms. The van der Waals surface area contributed by atoms with Gasteiger partial charge < -0.3 is 5.32 Å². The van der Waals surface area contributed by atoms with Crippen molar-refractivity contribution in [3.05, 3.63) is 45.9 Å². The molecule has 1 amide bonds. The number of nitrogens with one attached hydrogen (secondary N) is 1. The van der Waals surface area contributed by atoms with Crippen LogP contribution in [0.5, 0.6) is 0 Å². The van der Waals surface area contributed by atoms with Gasteiger partial charge in [-0.1, -0.05) is 0 Å². The minimum atomic E-state index is -0.619. The Morgan fingerprint density at radius 1 is 1.59 bits per heavy atom. The molecule has 17 heavy (non-hydrogen) atoms. The van der Waals surface area contributed by atoms with Crippen molar-refractivity contribution < 1.29 is 9.18 Å². The van der Waals surface area contributed by atoms with Crippen molar-refractivity contribution in [2.75, 3.05) is 0 Å². The molecule has 0 saturated carbocycles. The van der Waals surface area contributed by atoms with E-state index in [0.717, 1.165) is 16.8 Å². The highest BCUT2D eigenvalue weighted by Crippen LogP contribution is 2.12. The van der Waals surface area contributed by atoms with E-state index in [2.05, 4.69) is 15.3 Å². The number of nitrogens with zero attached hydrogens (tertiary/aromatic N) is 2. The van der Waals surface area contributed by atoms with E-state index in [1.165, 1.54) is 23.6 Å². The number of hydrogen-bond acceptors (Lipinski definition) is 4. The van der Waals surface area contributed by atoms with Gasteiger partial charge in [-0.3, -0.25) is 9.78 Å². The summed E-state index contributed by atoms with van der Waals surface area (Å²) >= 11 is 1.46. The van der Waals surface area contributed by atoms with Gasteiger partial charge in [0.2, 0.25) is 0 Å². The second-order valence-corrected chi connectivity index (χ2v) is 4.34. The quantitative estimate of drug-likeness (QED) is 0.906. The van der Waals surface area contributed by atoms with E-state index in [1.807, 2.05) is 6.92 Å². The predicted molar refractivity (Wildman–Crippen MR) is 62.2 cm³/mol. The van der Waals surface area contributed by atoms with Crippen LogP contribution in [0.4, 0.5) is 4.39 Å². The van der Waals surface area contributed by atoms with Crippen LogP contribution in [0.2, 0.25) is 0 Å². The highest BCUT2D eigenvalue weighted by molar-refractivity contribution is 7.09. The molecule has 0 aliphatic carbocycles. The molecule has 0 unspecified atom stereocenters. The van der Waals surface area contributed by atoms with Crippen molar-refractivity contribution in [2.24, 2.45) is 0 Å². The van der Waals surface area contributed by atoms with Gasteiger partial charge in [-0.05, 0) is 13.0 Å². The molecule has 0 bridgehead atoms. The van der Waals surface area contributed by atoms with E-state index in [0.29, 0.717) is 6.54 Å². The van der Waals surface area contributed by atoms with Crippen LogP contribution in [-0.2, 0) is 6.54 Å². The Labute approximate surface area is 102 Å². The number of aromatic nitrogens is 2. The number of carbonyl (C=O) groups excluding carboxylic acids is 1. The van der Waals surface area contributed by atoms with Gasteiger partial charge >= 0.3 is 0 Å². The molecule has 0 aliphatic rings. The Hall–Kier alpha value is -1.82. The lowest BCUT2D eigenvalue weighted by molar-refractivity contribution is 0.0947. The average molecular weight is 251 g/mol. The van der Waals surface area contributed by atoms with Crippen LogP contribution >= 0.6 is 11.3 Å². The molecule has 0 aliphatic heterocycles. The normalized spacial score (nSPS) is 10.2. The second-order valence-electron chi connectivity index (χ2n) is 3.40. The lowest BCUT2D eigenvalue weighted by Crippen LogP contribution is -2.23. The average Bonchev–Trinajstić information content (AvgIpc) is 2.72. The number of amides is 1. The Morgan fingerprint density at radius 2 is 2.41 bits per heavy atom. The number of hydrogen-bond donors (Lipinski definition) is 1. The van der Waals surface area contributed by atoms with Gasteiger partial charge in [0.15, 0.2) is 5.82 Å². The zero-order chi connectivity index (χ0) is 12.3. The summed E-state index contributed by atoms with van der Waals surface area (Å²) in [5.74, 6) is -1.07. The van der Waals surface area contributed by atoms with Crippen LogP contribution in [0.3, 0.4) is 0 Å². The van der Waals surface area contributed by atoms with Crippen molar-refractivity contribution in [3.8, 4) is 0 Å². The van der Waals surface area contributed by atoms with Crippen molar-refractivity contribution in [1.82, 2.24) is 15.3 Å². The van der Waals surface area contributed by atoms with Crippen molar-refractivity contribution in [2.45, 2.75) is 13.5 Å². The van der Waals surface area contributed by atoms with Gasteiger partial charge in [0.25, 0.3) is 5.91 Å². The number of carbonyl (C=O) groups is 1. The van der Waals surface area contributed by atoms with Crippen LogP contribution in [0.1, 0.15) is 20.9 Å². The summed E-state index contributed by atoms with van der Waals surface area (Å²) in [5.41, 5.74) is 2.59. The van der Waals surface area contributed by atoms with Crippen LogP contribution in [0.15, 0.2) is 24.0 Å². The van der Waals surface area contributed by atoms with E-state index in [9.17, 15) is 9.18 Å². The zero-order valence-electron chi connectivity index (χ0n) is 9.11. The van der Waals surface area contributed by atoms with Crippen LogP contribution in [0.25, 0.3) is 0 Å². The second kappa shape index (κ2) is 5.01. The molecule has 88 valence electrons. The Bertz CT molecular complexity index is 541. The smallest absolute Gasteiger partial charge is 0.254 e. The number of rotatable bonds is 3. The van der Waals surface area contributed by atoms with E-state index in [1.54, 1.807) is 5.51 Å². The van der Waals surface area contributed by atoms with Crippen molar-refractivity contribution in [3.63, 3.8) is 0 Å². The first-order valence-corrected chi connectivity index (χ1v) is 5.83. The zero-order valence-corrected chi connectivity index (χ0v) is 9.92. The molecule has 2 heterocycles. The summed E-state index contributed by atoms with van der Waals surface area (Å²) in [7, 11) is 0. The van der Waals surface area contributed by atoms with E-state index >= 15 is 0 Å². The fourth-order valence-electron chi connectivity index (χ4n) is 1.31. The third kappa shape index (κ3) is 2.65. The minimum Gasteiger partial charge on any atom is -0.347 e. The monoisotopic (exact) mass is 251 g/mol. The van der Waals surface area contributed by atoms with Crippen LogP contribution < -0.4 is 5.32 Å². The van der Waals surface area contributed by atoms with Gasteiger partial charge in [0, 0.05) is 11.1 Å². The summed E-state index contributed by atoms with van der Waals surface area (Å²) in [6.07, 6.45) is 2.41. The molecule has 2 aromatic heterocycles. The van der Waals surface area contributed by atoms with Gasteiger partial charge in [-0.25, -0.2) is 9.37 Å². The third-order valence-corrected chi connectivity index (χ3v) is 3.21. The number of aryl methyl sites for hydroxylation is 1.